The van der Waals surface area contributed by atoms with Crippen molar-refractivity contribution in [2.24, 2.45) is 0 Å². The van der Waals surface area contributed by atoms with Crippen molar-refractivity contribution >= 4 is 16.9 Å². The largest absolute Gasteiger partial charge is 0.356 e. The van der Waals surface area contributed by atoms with E-state index in [9.17, 15) is 0 Å². The lowest BCUT2D eigenvalue weighted by molar-refractivity contribution is 0.137. The van der Waals surface area contributed by atoms with E-state index in [0.717, 1.165) is 29.9 Å². The lowest BCUT2D eigenvalue weighted by Gasteiger charge is -2.44. The Balaban J connectivity index is 1.34. The van der Waals surface area contributed by atoms with Crippen LogP contribution in [0.1, 0.15) is 30.7 Å². The molecule has 134 valence electrons. The summed E-state index contributed by atoms with van der Waals surface area (Å²) in [6, 6.07) is 13.1. The van der Waals surface area contributed by atoms with Gasteiger partial charge in [-0.25, -0.2) is 9.97 Å². The third kappa shape index (κ3) is 2.50. The quantitative estimate of drug-likeness (QED) is 0.772. The Kier molecular flexibility index (Phi) is 3.71. The van der Waals surface area contributed by atoms with Crippen LogP contribution in [0.4, 0.5) is 5.82 Å². The van der Waals surface area contributed by atoms with Gasteiger partial charge in [0.05, 0.1) is 5.39 Å². The van der Waals surface area contributed by atoms with Gasteiger partial charge in [-0.1, -0.05) is 30.3 Å². The zero-order chi connectivity index (χ0) is 17.6. The van der Waals surface area contributed by atoms with Crippen LogP contribution in [0.25, 0.3) is 11.0 Å². The molecule has 2 fully saturated rings. The second kappa shape index (κ2) is 6.09. The molecule has 0 amide bonds. The molecule has 1 atom stereocenters. The van der Waals surface area contributed by atoms with Gasteiger partial charge in [0.15, 0.2) is 0 Å². The highest BCUT2D eigenvalue weighted by Crippen LogP contribution is 2.44. The summed E-state index contributed by atoms with van der Waals surface area (Å²) in [6.07, 6.45) is 7.28. The number of benzene rings is 1. The Bertz CT molecular complexity index is 895. The maximum Gasteiger partial charge on any atom is 0.142 e. The summed E-state index contributed by atoms with van der Waals surface area (Å²) < 4.78 is 0. The van der Waals surface area contributed by atoms with E-state index in [1.165, 1.54) is 31.4 Å². The molecule has 1 N–H and O–H groups in total. The first kappa shape index (κ1) is 15.8. The van der Waals surface area contributed by atoms with Crippen molar-refractivity contribution in [3.8, 4) is 0 Å². The monoisotopic (exact) mass is 347 g/mol. The Labute approximate surface area is 154 Å². The van der Waals surface area contributed by atoms with Gasteiger partial charge in [-0.05, 0) is 43.9 Å². The summed E-state index contributed by atoms with van der Waals surface area (Å²) in [5, 5.41) is 1.13. The third-order valence-electron chi connectivity index (χ3n) is 6.53. The van der Waals surface area contributed by atoms with E-state index in [2.05, 4.69) is 68.2 Å². The van der Waals surface area contributed by atoms with Crippen LogP contribution in [0.3, 0.4) is 0 Å². The average molecular weight is 347 g/mol. The molecular weight excluding hydrogens is 322 g/mol. The van der Waals surface area contributed by atoms with Gasteiger partial charge >= 0.3 is 0 Å². The second-order valence-electron chi connectivity index (χ2n) is 7.84. The van der Waals surface area contributed by atoms with Crippen LogP contribution in [0.2, 0.25) is 0 Å². The first-order valence-electron chi connectivity index (χ1n) is 9.54. The van der Waals surface area contributed by atoms with Gasteiger partial charge in [-0.3, -0.25) is 4.90 Å². The summed E-state index contributed by atoms with van der Waals surface area (Å²) >= 11 is 0. The fourth-order valence-electron chi connectivity index (χ4n) is 4.98. The molecule has 2 aliphatic rings. The molecule has 4 heterocycles. The number of aromatic amines is 1. The topological polar surface area (TPSA) is 48.1 Å². The number of aromatic nitrogens is 3. The molecule has 2 aromatic heterocycles. The highest BCUT2D eigenvalue weighted by Gasteiger charge is 2.45. The number of hydrogen-bond donors (Lipinski definition) is 1. The molecule has 0 saturated carbocycles. The molecule has 2 aliphatic heterocycles. The molecule has 0 aliphatic carbocycles. The highest BCUT2D eigenvalue weighted by atomic mass is 15.3. The Morgan fingerprint density at radius 3 is 2.69 bits per heavy atom. The Hall–Kier alpha value is -2.40. The van der Waals surface area contributed by atoms with Crippen LogP contribution in [0.15, 0.2) is 48.9 Å². The zero-order valence-corrected chi connectivity index (χ0v) is 15.2. The number of H-pyrrole nitrogens is 1. The maximum atomic E-state index is 4.58. The number of hydrogen-bond acceptors (Lipinski definition) is 4. The molecular formula is C21H25N5. The van der Waals surface area contributed by atoms with Gasteiger partial charge in [0.2, 0.25) is 0 Å². The van der Waals surface area contributed by atoms with Crippen molar-refractivity contribution < 1.29 is 0 Å². The second-order valence-corrected chi connectivity index (χ2v) is 7.84. The average Bonchev–Trinajstić information content (AvgIpc) is 3.29. The third-order valence-corrected chi connectivity index (χ3v) is 6.53. The van der Waals surface area contributed by atoms with E-state index in [1.54, 1.807) is 6.33 Å². The van der Waals surface area contributed by atoms with Crippen molar-refractivity contribution in [3.63, 3.8) is 0 Å². The maximum absolute atomic E-state index is 4.58. The molecule has 0 bridgehead atoms. The van der Waals surface area contributed by atoms with Gasteiger partial charge in [-0.15, -0.1) is 0 Å². The van der Waals surface area contributed by atoms with Crippen LogP contribution in [0, 0.1) is 0 Å². The Morgan fingerprint density at radius 1 is 1.08 bits per heavy atom. The van der Waals surface area contributed by atoms with Gasteiger partial charge in [0, 0.05) is 31.4 Å². The predicted octanol–water partition coefficient (Wildman–Crippen LogP) is 3.42. The van der Waals surface area contributed by atoms with Crippen LogP contribution < -0.4 is 4.90 Å². The van der Waals surface area contributed by atoms with Crippen LogP contribution >= 0.6 is 0 Å². The van der Waals surface area contributed by atoms with Gasteiger partial charge in [0.25, 0.3) is 0 Å². The van der Waals surface area contributed by atoms with Crippen molar-refractivity contribution in [1.29, 1.82) is 0 Å². The van der Waals surface area contributed by atoms with Crippen molar-refractivity contribution in [2.45, 2.75) is 30.7 Å². The van der Waals surface area contributed by atoms with Crippen LogP contribution in [-0.4, -0.2) is 52.1 Å². The lowest BCUT2D eigenvalue weighted by Crippen LogP contribution is -2.50. The zero-order valence-electron chi connectivity index (χ0n) is 15.2. The first-order valence-corrected chi connectivity index (χ1v) is 9.54. The van der Waals surface area contributed by atoms with Crippen molar-refractivity contribution in [3.05, 3.63) is 54.5 Å². The minimum atomic E-state index is 0.335. The fraction of sp³-hybridized carbons (Fsp3) is 0.429. The summed E-state index contributed by atoms with van der Waals surface area (Å²) in [4.78, 5) is 17.2. The molecule has 2 saturated heterocycles. The lowest BCUT2D eigenvalue weighted by atomic mass is 9.81. The van der Waals surface area contributed by atoms with E-state index in [0.29, 0.717) is 11.5 Å². The number of piperidine rings is 1. The van der Waals surface area contributed by atoms with E-state index in [-0.39, 0.29) is 0 Å². The fourth-order valence-corrected chi connectivity index (χ4v) is 4.98. The van der Waals surface area contributed by atoms with Crippen LogP contribution in [-0.2, 0) is 0 Å². The molecule has 5 nitrogen and oxygen atoms in total. The van der Waals surface area contributed by atoms with Gasteiger partial charge in [0.1, 0.15) is 17.8 Å². The van der Waals surface area contributed by atoms with E-state index < -0.39 is 0 Å². The molecule has 0 radical (unpaired) electrons. The minimum Gasteiger partial charge on any atom is -0.356 e. The highest BCUT2D eigenvalue weighted by molar-refractivity contribution is 5.87. The smallest absolute Gasteiger partial charge is 0.142 e. The van der Waals surface area contributed by atoms with E-state index >= 15 is 0 Å². The molecule has 1 aromatic carbocycles. The van der Waals surface area contributed by atoms with E-state index in [1.807, 2.05) is 6.20 Å². The molecule has 3 aromatic rings. The number of fused-ring (bicyclic) bond motifs is 1. The molecule has 1 unspecified atom stereocenters. The molecule has 1 spiro atoms. The normalized spacial score (nSPS) is 23.1. The summed E-state index contributed by atoms with van der Waals surface area (Å²) in [7, 11) is 2.31. The summed E-state index contributed by atoms with van der Waals surface area (Å²) in [5.74, 6) is 1.73. The predicted molar refractivity (Wildman–Crippen MR) is 104 cm³/mol. The summed E-state index contributed by atoms with van der Waals surface area (Å²) in [6.45, 7) is 3.28. The molecule has 5 rings (SSSR count). The van der Waals surface area contributed by atoms with Crippen molar-refractivity contribution in [2.75, 3.05) is 31.6 Å². The number of nitrogens with one attached hydrogen (secondary N) is 1. The number of likely N-dealkylation sites (N-methyl/N-ethyl adjacent to an activating group) is 1. The van der Waals surface area contributed by atoms with Crippen molar-refractivity contribution in [1.82, 2.24) is 19.9 Å². The molecule has 5 heteroatoms. The first-order chi connectivity index (χ1) is 12.8. The number of rotatable bonds is 2. The minimum absolute atomic E-state index is 0.335. The summed E-state index contributed by atoms with van der Waals surface area (Å²) in [5.41, 5.74) is 2.75. The molecule has 26 heavy (non-hydrogen) atoms. The Morgan fingerprint density at radius 2 is 1.88 bits per heavy atom. The van der Waals surface area contributed by atoms with Gasteiger partial charge < -0.3 is 9.88 Å². The SMILES string of the molecule is CN1CC(c2ccccc2)CC12CCN(c1ncnc3[nH]ccc13)CC2. The number of likely N-dealkylation sites (tertiary alicyclic amines) is 1. The van der Waals surface area contributed by atoms with E-state index in [4.69, 9.17) is 0 Å². The standard InChI is InChI=1S/C21H25N5/c1-25-14-17(16-5-3-2-4-6-16)13-21(25)8-11-26(12-9-21)20-18-7-10-22-19(18)23-15-24-20/h2-7,10,15,17H,8-9,11-14H2,1H3,(H,22,23,24). The van der Waals surface area contributed by atoms with Crippen LogP contribution in [0.5, 0.6) is 0 Å². The number of anilines is 1. The van der Waals surface area contributed by atoms with Gasteiger partial charge in [-0.2, -0.15) is 0 Å². The number of nitrogens with zero attached hydrogens (tertiary/aromatic N) is 4.